The summed E-state index contributed by atoms with van der Waals surface area (Å²) < 4.78 is 10.9. The molecule has 6 heteroatoms. The van der Waals surface area contributed by atoms with Gasteiger partial charge in [0.25, 0.3) is 0 Å². The number of esters is 1. The molecule has 1 N–H and O–H groups in total. The molecule has 0 amide bonds. The van der Waals surface area contributed by atoms with Gasteiger partial charge in [-0.05, 0) is 37.3 Å². The van der Waals surface area contributed by atoms with Gasteiger partial charge in [0.15, 0.2) is 6.29 Å². The molecular weight excluding hydrogens is 326 g/mol. The zero-order valence-corrected chi connectivity index (χ0v) is 15.2. The maximum atomic E-state index is 12.6. The Morgan fingerprint density at radius 1 is 1.42 bits per heavy atom. The highest BCUT2D eigenvalue weighted by Gasteiger charge is 2.45. The lowest BCUT2D eigenvalue weighted by Crippen LogP contribution is -2.43. The Labute approximate surface area is 146 Å². The summed E-state index contributed by atoms with van der Waals surface area (Å²) in [5.74, 6) is 0.499. The second kappa shape index (κ2) is 7.75. The molecule has 0 saturated heterocycles. The Morgan fingerprint density at radius 2 is 2.17 bits per heavy atom. The molecule has 1 aliphatic rings. The second-order valence-corrected chi connectivity index (χ2v) is 7.10. The Bertz CT molecular complexity index is 656. The molecular formula is C18H23NO4S. The predicted octanol–water partition coefficient (Wildman–Crippen LogP) is 3.45. The van der Waals surface area contributed by atoms with Gasteiger partial charge in [-0.25, -0.2) is 4.79 Å². The third-order valence-corrected chi connectivity index (χ3v) is 4.79. The first-order valence-electron chi connectivity index (χ1n) is 7.95. The Balaban J connectivity index is 2.37. The minimum absolute atomic E-state index is 0.290. The first kappa shape index (κ1) is 18.4. The SMILES string of the molecule is CCOC(=O)C1(c2ccc(OCC(C)C)c(C=O)c2)NC(C)=CS1. The first-order chi connectivity index (χ1) is 11.4. The summed E-state index contributed by atoms with van der Waals surface area (Å²) in [7, 11) is 0. The molecule has 1 unspecified atom stereocenters. The molecule has 0 aromatic heterocycles. The number of benzene rings is 1. The van der Waals surface area contributed by atoms with E-state index >= 15 is 0 Å². The summed E-state index contributed by atoms with van der Waals surface area (Å²) in [6.45, 7) is 8.55. The number of allylic oxidation sites excluding steroid dienone is 1. The molecule has 0 radical (unpaired) electrons. The zero-order chi connectivity index (χ0) is 17.7. The van der Waals surface area contributed by atoms with E-state index in [0.717, 1.165) is 12.0 Å². The summed E-state index contributed by atoms with van der Waals surface area (Å²) in [6.07, 6.45) is 0.748. The van der Waals surface area contributed by atoms with Crippen molar-refractivity contribution in [2.75, 3.05) is 13.2 Å². The van der Waals surface area contributed by atoms with E-state index in [0.29, 0.717) is 29.4 Å². The van der Waals surface area contributed by atoms with Crippen LogP contribution < -0.4 is 10.1 Å². The minimum Gasteiger partial charge on any atom is -0.493 e. The summed E-state index contributed by atoms with van der Waals surface area (Å²) in [5.41, 5.74) is 1.96. The number of thioether (sulfide) groups is 1. The van der Waals surface area contributed by atoms with Crippen LogP contribution in [0.5, 0.6) is 5.75 Å². The van der Waals surface area contributed by atoms with Crippen molar-refractivity contribution >= 4 is 24.0 Å². The van der Waals surface area contributed by atoms with E-state index in [9.17, 15) is 9.59 Å². The van der Waals surface area contributed by atoms with Crippen molar-refractivity contribution in [3.05, 3.63) is 40.4 Å². The molecule has 0 aliphatic carbocycles. The van der Waals surface area contributed by atoms with E-state index < -0.39 is 4.87 Å². The highest BCUT2D eigenvalue weighted by atomic mass is 32.2. The van der Waals surface area contributed by atoms with Crippen LogP contribution in [-0.2, 0) is 14.4 Å². The molecule has 0 bridgehead atoms. The van der Waals surface area contributed by atoms with Gasteiger partial charge >= 0.3 is 5.97 Å². The van der Waals surface area contributed by atoms with E-state index in [1.54, 1.807) is 25.1 Å². The fraction of sp³-hybridized carbons (Fsp3) is 0.444. The van der Waals surface area contributed by atoms with Crippen molar-refractivity contribution in [3.63, 3.8) is 0 Å². The van der Waals surface area contributed by atoms with Gasteiger partial charge in [-0.1, -0.05) is 31.7 Å². The molecule has 24 heavy (non-hydrogen) atoms. The molecule has 0 fully saturated rings. The summed E-state index contributed by atoms with van der Waals surface area (Å²) in [5, 5.41) is 5.06. The minimum atomic E-state index is -1.06. The van der Waals surface area contributed by atoms with Crippen LogP contribution in [0.3, 0.4) is 0 Å². The number of hydrogen-bond acceptors (Lipinski definition) is 6. The smallest absolute Gasteiger partial charge is 0.347 e. The Kier molecular flexibility index (Phi) is 5.94. The molecule has 1 heterocycles. The molecule has 0 saturated carbocycles. The maximum absolute atomic E-state index is 12.6. The van der Waals surface area contributed by atoms with Crippen LogP contribution in [0.1, 0.15) is 43.6 Å². The van der Waals surface area contributed by atoms with Crippen LogP contribution in [0.25, 0.3) is 0 Å². The van der Waals surface area contributed by atoms with Crippen LogP contribution in [0.4, 0.5) is 0 Å². The van der Waals surface area contributed by atoms with Gasteiger partial charge in [0.2, 0.25) is 4.87 Å². The fourth-order valence-electron chi connectivity index (χ4n) is 2.35. The van der Waals surface area contributed by atoms with Crippen LogP contribution >= 0.6 is 11.8 Å². The molecule has 1 aliphatic heterocycles. The van der Waals surface area contributed by atoms with E-state index in [4.69, 9.17) is 9.47 Å². The zero-order valence-electron chi connectivity index (χ0n) is 14.4. The molecule has 1 aromatic rings. The predicted molar refractivity (Wildman–Crippen MR) is 95.0 cm³/mol. The molecule has 2 rings (SSSR count). The lowest BCUT2D eigenvalue weighted by molar-refractivity contribution is -0.147. The third-order valence-electron chi connectivity index (χ3n) is 3.46. The number of ether oxygens (including phenoxy) is 2. The molecule has 1 aromatic carbocycles. The summed E-state index contributed by atoms with van der Waals surface area (Å²) in [6, 6.07) is 5.22. The van der Waals surface area contributed by atoms with Gasteiger partial charge < -0.3 is 14.8 Å². The summed E-state index contributed by atoms with van der Waals surface area (Å²) in [4.78, 5) is 23.0. The Hall–Kier alpha value is -1.95. The number of carbonyl (C=O) groups is 2. The van der Waals surface area contributed by atoms with Gasteiger partial charge in [-0.3, -0.25) is 4.79 Å². The topological polar surface area (TPSA) is 64.6 Å². The maximum Gasteiger partial charge on any atom is 0.347 e. The lowest BCUT2D eigenvalue weighted by Gasteiger charge is -2.28. The van der Waals surface area contributed by atoms with Crippen LogP contribution in [0.2, 0.25) is 0 Å². The van der Waals surface area contributed by atoms with E-state index in [1.807, 2.05) is 26.2 Å². The van der Waals surface area contributed by atoms with E-state index in [1.165, 1.54) is 11.8 Å². The summed E-state index contributed by atoms with van der Waals surface area (Å²) >= 11 is 1.34. The van der Waals surface area contributed by atoms with Crippen molar-refractivity contribution in [3.8, 4) is 5.75 Å². The van der Waals surface area contributed by atoms with Crippen molar-refractivity contribution in [1.29, 1.82) is 0 Å². The number of aldehydes is 1. The first-order valence-corrected chi connectivity index (χ1v) is 8.83. The quantitative estimate of drug-likeness (QED) is 0.601. The van der Waals surface area contributed by atoms with Crippen LogP contribution in [-0.4, -0.2) is 25.5 Å². The molecule has 1 atom stereocenters. The van der Waals surface area contributed by atoms with Gasteiger partial charge in [0.1, 0.15) is 5.75 Å². The van der Waals surface area contributed by atoms with E-state index in [-0.39, 0.29) is 12.6 Å². The van der Waals surface area contributed by atoms with Crippen LogP contribution in [0, 0.1) is 5.92 Å². The van der Waals surface area contributed by atoms with Crippen molar-refractivity contribution in [1.82, 2.24) is 5.32 Å². The van der Waals surface area contributed by atoms with Crippen molar-refractivity contribution in [2.24, 2.45) is 5.92 Å². The number of nitrogens with one attached hydrogen (secondary N) is 1. The monoisotopic (exact) mass is 349 g/mol. The molecule has 130 valence electrons. The number of carbonyl (C=O) groups excluding carboxylic acids is 2. The number of hydrogen-bond donors (Lipinski definition) is 1. The highest BCUT2D eigenvalue weighted by Crippen LogP contribution is 2.42. The number of rotatable bonds is 7. The van der Waals surface area contributed by atoms with Gasteiger partial charge in [-0.2, -0.15) is 0 Å². The third kappa shape index (κ3) is 3.75. The molecule has 5 nitrogen and oxygen atoms in total. The van der Waals surface area contributed by atoms with Gasteiger partial charge in [-0.15, -0.1) is 0 Å². The lowest BCUT2D eigenvalue weighted by atomic mass is 10.0. The highest BCUT2D eigenvalue weighted by molar-refractivity contribution is 8.04. The Morgan fingerprint density at radius 3 is 2.71 bits per heavy atom. The van der Waals surface area contributed by atoms with Gasteiger partial charge in [0, 0.05) is 11.3 Å². The molecule has 0 spiro atoms. The van der Waals surface area contributed by atoms with Crippen molar-refractivity contribution in [2.45, 2.75) is 32.6 Å². The normalized spacial score (nSPS) is 19.6. The van der Waals surface area contributed by atoms with E-state index in [2.05, 4.69) is 5.32 Å². The largest absolute Gasteiger partial charge is 0.493 e. The second-order valence-electron chi connectivity index (χ2n) is 6.02. The standard InChI is InChI=1S/C18H23NO4S/c1-5-22-17(21)18(19-13(4)11-24-18)15-6-7-16(14(8-15)9-20)23-10-12(2)3/h6-9,11-12,19H,5,10H2,1-4H3. The average Bonchev–Trinajstić information content (AvgIpc) is 2.96. The van der Waals surface area contributed by atoms with Crippen molar-refractivity contribution < 1.29 is 19.1 Å². The van der Waals surface area contributed by atoms with Crippen LogP contribution in [0.15, 0.2) is 29.3 Å². The average molecular weight is 349 g/mol. The van der Waals surface area contributed by atoms with Gasteiger partial charge in [0.05, 0.1) is 18.8 Å². The fourth-order valence-corrected chi connectivity index (χ4v) is 3.40.